The predicted octanol–water partition coefficient (Wildman–Crippen LogP) is 1.60. The Morgan fingerprint density at radius 1 is 1.42 bits per heavy atom. The van der Waals surface area contributed by atoms with Crippen LogP contribution in [-0.4, -0.2) is 41.6 Å². The van der Waals surface area contributed by atoms with E-state index in [-0.39, 0.29) is 17.4 Å². The molecular formula is C11H13NO5S2. The van der Waals surface area contributed by atoms with Crippen LogP contribution >= 0.6 is 23.1 Å². The molecule has 1 rings (SSSR count). The smallest absolute Gasteiger partial charge is 0.350 e. The fraction of sp³-hybridized carbons (Fsp3) is 0.364. The summed E-state index contributed by atoms with van der Waals surface area (Å²) < 4.78 is 4.62. The number of nitrogens with one attached hydrogen (secondary N) is 1. The van der Waals surface area contributed by atoms with Gasteiger partial charge in [-0.2, -0.15) is 0 Å². The number of aryl methyl sites for hydroxylation is 1. The van der Waals surface area contributed by atoms with E-state index in [1.807, 2.05) is 0 Å². The van der Waals surface area contributed by atoms with Crippen molar-refractivity contribution in [3.63, 3.8) is 0 Å². The number of anilines is 1. The third-order valence-electron chi connectivity index (χ3n) is 2.07. The maximum atomic E-state index is 11.6. The van der Waals surface area contributed by atoms with Crippen LogP contribution in [-0.2, 0) is 14.3 Å². The third-order valence-corrected chi connectivity index (χ3v) is 4.06. The number of carbonyl (C=O) groups excluding carboxylic acids is 2. The van der Waals surface area contributed by atoms with Crippen LogP contribution in [0.3, 0.4) is 0 Å². The molecule has 0 aromatic carbocycles. The normalized spacial score (nSPS) is 10.0. The average Bonchev–Trinajstić information content (AvgIpc) is 2.70. The zero-order chi connectivity index (χ0) is 14.4. The van der Waals surface area contributed by atoms with E-state index in [9.17, 15) is 14.4 Å². The molecule has 1 aromatic heterocycles. The number of aliphatic carboxylic acids is 1. The van der Waals surface area contributed by atoms with E-state index in [4.69, 9.17) is 5.11 Å². The Bertz CT molecular complexity index is 497. The highest BCUT2D eigenvalue weighted by Crippen LogP contribution is 2.28. The van der Waals surface area contributed by atoms with Crippen LogP contribution in [0.1, 0.15) is 15.2 Å². The van der Waals surface area contributed by atoms with Crippen molar-refractivity contribution in [2.24, 2.45) is 0 Å². The Hall–Kier alpha value is -1.54. The van der Waals surface area contributed by atoms with Crippen LogP contribution in [0.2, 0.25) is 0 Å². The molecular weight excluding hydrogens is 290 g/mol. The number of hydrogen-bond donors (Lipinski definition) is 2. The van der Waals surface area contributed by atoms with E-state index in [1.165, 1.54) is 18.4 Å². The quantitative estimate of drug-likeness (QED) is 0.775. The first kappa shape index (κ1) is 15.5. The van der Waals surface area contributed by atoms with Crippen molar-refractivity contribution >= 4 is 46.6 Å². The molecule has 0 aliphatic heterocycles. The molecule has 0 bridgehead atoms. The summed E-state index contributed by atoms with van der Waals surface area (Å²) in [6.45, 7) is 1.77. The number of amides is 1. The van der Waals surface area contributed by atoms with E-state index in [2.05, 4.69) is 10.1 Å². The van der Waals surface area contributed by atoms with Crippen LogP contribution in [0.5, 0.6) is 0 Å². The lowest BCUT2D eigenvalue weighted by atomic mass is 10.2. The zero-order valence-corrected chi connectivity index (χ0v) is 12.0. The summed E-state index contributed by atoms with van der Waals surface area (Å²) in [5.41, 5.74) is 1.19. The summed E-state index contributed by atoms with van der Waals surface area (Å²) in [6, 6.07) is 0. The molecule has 1 amide bonds. The van der Waals surface area contributed by atoms with Crippen LogP contribution in [0.25, 0.3) is 0 Å². The minimum Gasteiger partial charge on any atom is -0.481 e. The molecule has 0 saturated heterocycles. The van der Waals surface area contributed by atoms with Gasteiger partial charge in [-0.1, -0.05) is 0 Å². The monoisotopic (exact) mass is 303 g/mol. The first-order chi connectivity index (χ1) is 8.95. The summed E-state index contributed by atoms with van der Waals surface area (Å²) >= 11 is 2.18. The molecule has 0 fully saturated rings. The largest absolute Gasteiger partial charge is 0.481 e. The number of thiophene rings is 1. The summed E-state index contributed by atoms with van der Waals surface area (Å²) in [5, 5.41) is 12.8. The van der Waals surface area contributed by atoms with Gasteiger partial charge in [0.1, 0.15) is 4.88 Å². The summed E-state index contributed by atoms with van der Waals surface area (Å²) in [4.78, 5) is 33.8. The standard InChI is InChI=1S/C11H13NO5S2/c1-6-3-19-10(11(16)17-2)9(6)12-7(13)4-18-5-8(14)15/h3H,4-5H2,1-2H3,(H,12,13)(H,14,15). The Morgan fingerprint density at radius 2 is 2.11 bits per heavy atom. The number of rotatable bonds is 6. The highest BCUT2D eigenvalue weighted by atomic mass is 32.2. The van der Waals surface area contributed by atoms with Gasteiger partial charge in [-0.15, -0.1) is 23.1 Å². The minimum absolute atomic E-state index is 0.0161. The van der Waals surface area contributed by atoms with Crippen molar-refractivity contribution in [1.82, 2.24) is 0 Å². The minimum atomic E-state index is -0.972. The fourth-order valence-corrected chi connectivity index (χ4v) is 2.71. The topological polar surface area (TPSA) is 92.7 Å². The summed E-state index contributed by atoms with van der Waals surface area (Å²) in [5.74, 6) is -1.95. The van der Waals surface area contributed by atoms with Crippen LogP contribution in [0.4, 0.5) is 5.69 Å². The number of carbonyl (C=O) groups is 3. The number of esters is 1. The molecule has 104 valence electrons. The van der Waals surface area contributed by atoms with Gasteiger partial charge in [-0.25, -0.2) is 4.79 Å². The first-order valence-corrected chi connectivity index (χ1v) is 7.25. The van der Waals surface area contributed by atoms with Gasteiger partial charge in [-0.05, 0) is 17.9 Å². The maximum absolute atomic E-state index is 11.6. The molecule has 0 spiro atoms. The van der Waals surface area contributed by atoms with Crippen molar-refractivity contribution in [3.05, 3.63) is 15.8 Å². The lowest BCUT2D eigenvalue weighted by Crippen LogP contribution is -2.17. The lowest BCUT2D eigenvalue weighted by Gasteiger charge is -2.06. The average molecular weight is 303 g/mol. The lowest BCUT2D eigenvalue weighted by molar-refractivity contribution is -0.133. The van der Waals surface area contributed by atoms with E-state index < -0.39 is 11.9 Å². The molecule has 0 unspecified atom stereocenters. The number of carboxylic acid groups (broad SMARTS) is 1. The van der Waals surface area contributed by atoms with Crippen LogP contribution < -0.4 is 5.32 Å². The number of carboxylic acids is 1. The van der Waals surface area contributed by atoms with Gasteiger partial charge in [0.25, 0.3) is 0 Å². The molecule has 0 aliphatic carbocycles. The second kappa shape index (κ2) is 7.15. The first-order valence-electron chi connectivity index (χ1n) is 5.21. The molecule has 1 heterocycles. The molecule has 1 aromatic rings. The number of hydrogen-bond acceptors (Lipinski definition) is 6. The van der Waals surface area contributed by atoms with E-state index in [0.29, 0.717) is 10.6 Å². The van der Waals surface area contributed by atoms with Crippen molar-refractivity contribution in [2.75, 3.05) is 23.9 Å². The van der Waals surface area contributed by atoms with Gasteiger partial charge in [0, 0.05) is 0 Å². The van der Waals surface area contributed by atoms with Crippen LogP contribution in [0, 0.1) is 6.92 Å². The van der Waals surface area contributed by atoms with Gasteiger partial charge in [-0.3, -0.25) is 9.59 Å². The van der Waals surface area contributed by atoms with E-state index in [1.54, 1.807) is 12.3 Å². The predicted molar refractivity (Wildman–Crippen MR) is 74.0 cm³/mol. The molecule has 2 N–H and O–H groups in total. The van der Waals surface area contributed by atoms with Crippen molar-refractivity contribution < 1.29 is 24.2 Å². The molecule has 0 radical (unpaired) electrons. The Balaban J connectivity index is 2.66. The Morgan fingerprint density at radius 3 is 2.68 bits per heavy atom. The van der Waals surface area contributed by atoms with E-state index in [0.717, 1.165) is 17.3 Å². The Labute approximate surface area is 118 Å². The highest BCUT2D eigenvalue weighted by Gasteiger charge is 2.18. The second-order valence-electron chi connectivity index (χ2n) is 3.55. The summed E-state index contributed by atoms with van der Waals surface area (Å²) in [6.07, 6.45) is 0. The second-order valence-corrected chi connectivity index (χ2v) is 5.41. The van der Waals surface area contributed by atoms with Gasteiger partial charge >= 0.3 is 11.9 Å². The molecule has 19 heavy (non-hydrogen) atoms. The number of thioether (sulfide) groups is 1. The van der Waals surface area contributed by atoms with Gasteiger partial charge < -0.3 is 15.2 Å². The SMILES string of the molecule is COC(=O)c1scc(C)c1NC(=O)CSCC(=O)O. The van der Waals surface area contributed by atoms with Gasteiger partial charge in [0.15, 0.2) is 0 Å². The Kier molecular flexibility index (Phi) is 5.84. The maximum Gasteiger partial charge on any atom is 0.350 e. The molecule has 0 atom stereocenters. The third kappa shape index (κ3) is 4.56. The van der Waals surface area contributed by atoms with Crippen molar-refractivity contribution in [2.45, 2.75) is 6.92 Å². The van der Waals surface area contributed by atoms with E-state index >= 15 is 0 Å². The summed E-state index contributed by atoms with van der Waals surface area (Å²) in [7, 11) is 1.27. The fourth-order valence-electron chi connectivity index (χ4n) is 1.25. The van der Waals surface area contributed by atoms with Crippen LogP contribution in [0.15, 0.2) is 5.38 Å². The number of ether oxygens (including phenoxy) is 1. The zero-order valence-electron chi connectivity index (χ0n) is 10.4. The molecule has 6 nitrogen and oxygen atoms in total. The molecule has 0 aliphatic rings. The van der Waals surface area contributed by atoms with Crippen molar-refractivity contribution in [3.8, 4) is 0 Å². The molecule has 8 heteroatoms. The molecule has 0 saturated carbocycles. The highest BCUT2D eigenvalue weighted by molar-refractivity contribution is 8.00. The number of methoxy groups -OCH3 is 1. The van der Waals surface area contributed by atoms with Gasteiger partial charge in [0.05, 0.1) is 24.3 Å². The van der Waals surface area contributed by atoms with Crippen molar-refractivity contribution in [1.29, 1.82) is 0 Å². The van der Waals surface area contributed by atoms with Gasteiger partial charge in [0.2, 0.25) is 5.91 Å².